The van der Waals surface area contributed by atoms with Crippen LogP contribution in [0, 0.1) is 5.92 Å². The first-order valence-electron chi connectivity index (χ1n) is 12.0. The van der Waals surface area contributed by atoms with Gasteiger partial charge in [0.15, 0.2) is 15.6 Å². The predicted molar refractivity (Wildman–Crippen MR) is 146 cm³/mol. The van der Waals surface area contributed by atoms with Crippen LogP contribution in [-0.4, -0.2) is 46.2 Å². The molecule has 9 nitrogen and oxygen atoms in total. The van der Waals surface area contributed by atoms with Gasteiger partial charge < -0.3 is 15.1 Å². The fourth-order valence-electron chi connectivity index (χ4n) is 4.73. The molecule has 0 bridgehead atoms. The van der Waals surface area contributed by atoms with Crippen LogP contribution in [0.1, 0.15) is 51.1 Å². The summed E-state index contributed by atoms with van der Waals surface area (Å²) in [6, 6.07) is 8.07. The summed E-state index contributed by atoms with van der Waals surface area (Å²) in [7, 11) is -7.15. The number of carbonyl (C=O) groups is 2. The molecule has 2 atom stereocenters. The molecule has 3 heterocycles. The summed E-state index contributed by atoms with van der Waals surface area (Å²) in [5, 5.41) is 5.53. The van der Waals surface area contributed by atoms with Crippen molar-refractivity contribution >= 4 is 63.8 Å². The highest BCUT2D eigenvalue weighted by molar-refractivity contribution is 9.10. The third-order valence-corrected chi connectivity index (χ3v) is 11.8. The number of rotatable bonds is 6. The lowest BCUT2D eigenvalue weighted by molar-refractivity contribution is 0.0941. The molecule has 0 radical (unpaired) electrons. The quantitative estimate of drug-likeness (QED) is 0.411. The summed E-state index contributed by atoms with van der Waals surface area (Å²) in [6.45, 7) is 2.13. The Hall–Kier alpha value is -2.48. The van der Waals surface area contributed by atoms with Gasteiger partial charge in [-0.25, -0.2) is 16.8 Å². The van der Waals surface area contributed by atoms with Crippen LogP contribution in [0.25, 0.3) is 0 Å². The molecule has 2 aliphatic rings. The molecule has 38 heavy (non-hydrogen) atoms. The molecule has 1 aliphatic heterocycles. The Morgan fingerprint density at radius 2 is 1.82 bits per heavy atom. The van der Waals surface area contributed by atoms with Crippen molar-refractivity contribution in [2.75, 3.05) is 16.8 Å². The zero-order chi connectivity index (χ0) is 27.2. The first-order chi connectivity index (χ1) is 17.9. The Labute approximate surface area is 233 Å². The van der Waals surface area contributed by atoms with E-state index in [0.29, 0.717) is 29.3 Å². The van der Waals surface area contributed by atoms with Crippen LogP contribution < -0.4 is 10.6 Å². The Kier molecular flexibility index (Phi) is 7.31. The zero-order valence-electron chi connectivity index (χ0n) is 20.3. The maximum absolute atomic E-state index is 13.3. The van der Waals surface area contributed by atoms with Gasteiger partial charge in [0.2, 0.25) is 14.9 Å². The molecule has 2 N–H and O–H groups in total. The van der Waals surface area contributed by atoms with Crippen LogP contribution >= 0.6 is 27.3 Å². The van der Waals surface area contributed by atoms with Crippen molar-refractivity contribution in [3.05, 3.63) is 62.6 Å². The first-order valence-corrected chi connectivity index (χ1v) is 16.9. The van der Waals surface area contributed by atoms with Gasteiger partial charge in [0.25, 0.3) is 11.8 Å². The molecular weight excluding hydrogens is 616 g/mol. The van der Waals surface area contributed by atoms with E-state index in [4.69, 9.17) is 4.42 Å². The Morgan fingerprint density at radius 3 is 2.50 bits per heavy atom. The lowest BCUT2D eigenvalue weighted by Gasteiger charge is -2.19. The summed E-state index contributed by atoms with van der Waals surface area (Å²) < 4.78 is 55.7. The molecular formula is C25H25BrN2O7S3. The van der Waals surface area contributed by atoms with Crippen molar-refractivity contribution in [2.24, 2.45) is 5.92 Å². The highest BCUT2D eigenvalue weighted by Crippen LogP contribution is 2.40. The van der Waals surface area contributed by atoms with E-state index in [1.807, 2.05) is 0 Å². The van der Waals surface area contributed by atoms with Gasteiger partial charge in [-0.3, -0.25) is 9.59 Å². The van der Waals surface area contributed by atoms with Crippen molar-refractivity contribution < 1.29 is 30.8 Å². The molecule has 2 unspecified atom stereocenters. The molecule has 5 rings (SSSR count). The minimum Gasteiger partial charge on any atom is -0.439 e. The van der Waals surface area contributed by atoms with Crippen molar-refractivity contribution in [3.63, 3.8) is 0 Å². The second-order valence-corrected chi connectivity index (χ2v) is 15.8. The van der Waals surface area contributed by atoms with Crippen molar-refractivity contribution in [3.8, 4) is 0 Å². The number of halogens is 1. The van der Waals surface area contributed by atoms with E-state index in [0.717, 1.165) is 27.8 Å². The third kappa shape index (κ3) is 5.47. The summed E-state index contributed by atoms with van der Waals surface area (Å²) in [5.74, 6) is -0.971. The molecule has 2 aromatic heterocycles. The van der Waals surface area contributed by atoms with Crippen LogP contribution in [0.15, 0.2) is 55.3 Å². The predicted octanol–water partition coefficient (Wildman–Crippen LogP) is 4.23. The van der Waals surface area contributed by atoms with Gasteiger partial charge in [-0.1, -0.05) is 22.9 Å². The first kappa shape index (κ1) is 27.1. The maximum Gasteiger partial charge on any atom is 0.292 e. The molecule has 1 aromatic carbocycles. The summed E-state index contributed by atoms with van der Waals surface area (Å²) in [4.78, 5) is 27.5. The van der Waals surface area contributed by atoms with E-state index in [2.05, 4.69) is 33.5 Å². The largest absolute Gasteiger partial charge is 0.439 e. The summed E-state index contributed by atoms with van der Waals surface area (Å²) in [6.07, 6.45) is 2.68. The van der Waals surface area contributed by atoms with E-state index in [1.54, 1.807) is 12.1 Å². The lowest BCUT2D eigenvalue weighted by Crippen LogP contribution is -2.36. The number of hydrogen-bond donors (Lipinski definition) is 2. The number of amides is 2. The Morgan fingerprint density at radius 1 is 1.08 bits per heavy atom. The number of benzene rings is 1. The molecule has 0 spiro atoms. The van der Waals surface area contributed by atoms with E-state index in [9.17, 15) is 26.4 Å². The van der Waals surface area contributed by atoms with Crippen molar-refractivity contribution in [1.29, 1.82) is 0 Å². The Balaban J connectivity index is 1.40. The smallest absolute Gasteiger partial charge is 0.292 e. The van der Waals surface area contributed by atoms with Crippen LogP contribution in [0.3, 0.4) is 0 Å². The van der Waals surface area contributed by atoms with Crippen molar-refractivity contribution in [2.45, 2.75) is 48.6 Å². The fourth-order valence-corrected chi connectivity index (χ4v) is 9.24. The number of carbonyl (C=O) groups excluding carboxylic acids is 2. The zero-order valence-corrected chi connectivity index (χ0v) is 24.4. The van der Waals surface area contributed by atoms with Gasteiger partial charge in [-0.05, 0) is 73.6 Å². The van der Waals surface area contributed by atoms with Crippen LogP contribution in [-0.2, 0) is 32.5 Å². The third-order valence-electron chi connectivity index (χ3n) is 6.73. The SMILES string of the molecule is CC1CCc2c(sc(NC(=O)c3ccc(S(=O)(=O)c4ccc(Br)cc4)o3)c2C(=O)NC2CCS(=O)(=O)C2)C1. The van der Waals surface area contributed by atoms with Crippen LogP contribution in [0.2, 0.25) is 0 Å². The number of nitrogens with one attached hydrogen (secondary N) is 2. The van der Waals surface area contributed by atoms with E-state index >= 15 is 0 Å². The average Bonchev–Trinajstić information content (AvgIpc) is 3.56. The van der Waals surface area contributed by atoms with Crippen LogP contribution in [0.4, 0.5) is 5.00 Å². The number of hydrogen-bond acceptors (Lipinski definition) is 8. The van der Waals surface area contributed by atoms with E-state index in [-0.39, 0.29) is 27.3 Å². The minimum absolute atomic E-state index is 0.0231. The molecule has 1 fully saturated rings. The lowest BCUT2D eigenvalue weighted by atomic mass is 9.88. The van der Waals surface area contributed by atoms with Gasteiger partial charge in [-0.2, -0.15) is 0 Å². The highest BCUT2D eigenvalue weighted by atomic mass is 79.9. The topological polar surface area (TPSA) is 140 Å². The molecule has 13 heteroatoms. The number of thiophene rings is 1. The molecule has 1 aliphatic carbocycles. The standard InChI is InChI=1S/C25H25BrN2O7S3/c1-14-2-7-18-20(12-14)36-25(22(18)24(30)27-16-10-11-37(31,32)13-16)28-23(29)19-8-9-21(35-19)38(33,34)17-5-3-15(26)4-6-17/h3-6,8-9,14,16H,2,7,10-13H2,1H3,(H,27,30)(H,28,29). The fraction of sp³-hybridized carbons (Fsp3) is 0.360. The minimum atomic E-state index is -3.97. The average molecular weight is 642 g/mol. The van der Waals surface area contributed by atoms with E-state index in [1.165, 1.54) is 35.6 Å². The highest BCUT2D eigenvalue weighted by Gasteiger charge is 2.33. The number of sulfone groups is 2. The molecule has 202 valence electrons. The number of furan rings is 1. The maximum atomic E-state index is 13.3. The van der Waals surface area contributed by atoms with E-state index < -0.39 is 37.5 Å². The van der Waals surface area contributed by atoms with Gasteiger partial charge in [0.05, 0.1) is 22.0 Å². The molecule has 2 amide bonds. The second kappa shape index (κ2) is 10.2. The monoisotopic (exact) mass is 640 g/mol. The van der Waals surface area contributed by atoms with Gasteiger partial charge >= 0.3 is 0 Å². The molecule has 3 aromatic rings. The second-order valence-electron chi connectivity index (χ2n) is 9.66. The molecule has 1 saturated heterocycles. The van der Waals surface area contributed by atoms with Gasteiger partial charge in [0, 0.05) is 15.4 Å². The van der Waals surface area contributed by atoms with Crippen molar-refractivity contribution in [1.82, 2.24) is 5.32 Å². The van der Waals surface area contributed by atoms with Crippen LogP contribution in [0.5, 0.6) is 0 Å². The summed E-state index contributed by atoms with van der Waals surface area (Å²) >= 11 is 4.58. The number of anilines is 1. The van der Waals surface area contributed by atoms with Gasteiger partial charge in [0.1, 0.15) is 5.00 Å². The number of fused-ring (bicyclic) bond motifs is 1. The summed E-state index contributed by atoms with van der Waals surface area (Å²) in [5.41, 5.74) is 1.20. The Bertz CT molecular complexity index is 1620. The molecule has 0 saturated carbocycles. The van der Waals surface area contributed by atoms with Gasteiger partial charge in [-0.15, -0.1) is 11.3 Å². The normalized spacial score (nSPS) is 20.6.